The van der Waals surface area contributed by atoms with E-state index in [0.29, 0.717) is 23.4 Å². The van der Waals surface area contributed by atoms with Crippen LogP contribution >= 0.6 is 23.5 Å². The van der Waals surface area contributed by atoms with E-state index < -0.39 is 0 Å². The van der Waals surface area contributed by atoms with Gasteiger partial charge in [0.2, 0.25) is 11.7 Å². The molecule has 28 heavy (non-hydrogen) atoms. The number of aromatic nitrogens is 4. The van der Waals surface area contributed by atoms with E-state index in [9.17, 15) is 0 Å². The van der Waals surface area contributed by atoms with Gasteiger partial charge in [-0.15, -0.1) is 11.8 Å². The molecule has 1 fully saturated rings. The van der Waals surface area contributed by atoms with Crippen LogP contribution in [-0.2, 0) is 5.75 Å². The molecule has 6 nitrogen and oxygen atoms in total. The number of piperidine rings is 1. The van der Waals surface area contributed by atoms with Crippen molar-refractivity contribution in [2.24, 2.45) is 5.92 Å². The summed E-state index contributed by atoms with van der Waals surface area (Å²) in [5.41, 5.74) is 0.960. The molecule has 0 bridgehead atoms. The third kappa shape index (κ3) is 4.67. The van der Waals surface area contributed by atoms with E-state index in [1.54, 1.807) is 29.9 Å². The lowest BCUT2D eigenvalue weighted by Gasteiger charge is -2.31. The van der Waals surface area contributed by atoms with Gasteiger partial charge in [0.25, 0.3) is 0 Å². The number of hydrogen-bond donors (Lipinski definition) is 0. The SMILES string of the molecule is CSc1ccc(-c2noc(CSc3cc(N4CCCC(C)C4)ncn3)n2)cc1. The molecule has 0 amide bonds. The molecule has 1 aliphatic rings. The van der Waals surface area contributed by atoms with Gasteiger partial charge in [-0.25, -0.2) is 9.97 Å². The predicted octanol–water partition coefficient (Wildman–Crippen LogP) is 4.78. The Morgan fingerprint density at radius 1 is 1.21 bits per heavy atom. The Labute approximate surface area is 173 Å². The molecule has 146 valence electrons. The first kappa shape index (κ1) is 19.3. The smallest absolute Gasteiger partial charge is 0.237 e. The quantitative estimate of drug-likeness (QED) is 0.423. The fourth-order valence-electron chi connectivity index (χ4n) is 3.29. The second-order valence-electron chi connectivity index (χ2n) is 6.94. The van der Waals surface area contributed by atoms with Crippen molar-refractivity contribution in [3.8, 4) is 11.4 Å². The molecule has 0 aliphatic carbocycles. The molecule has 3 heterocycles. The van der Waals surface area contributed by atoms with Gasteiger partial charge in [-0.1, -0.05) is 23.8 Å². The highest BCUT2D eigenvalue weighted by molar-refractivity contribution is 7.98. The van der Waals surface area contributed by atoms with Crippen molar-refractivity contribution in [3.05, 3.63) is 42.5 Å². The minimum atomic E-state index is 0.586. The minimum absolute atomic E-state index is 0.586. The zero-order chi connectivity index (χ0) is 19.3. The highest BCUT2D eigenvalue weighted by atomic mass is 32.2. The summed E-state index contributed by atoms with van der Waals surface area (Å²) in [7, 11) is 0. The molecule has 1 aliphatic heterocycles. The Morgan fingerprint density at radius 2 is 2.07 bits per heavy atom. The van der Waals surface area contributed by atoms with Crippen LogP contribution in [0.5, 0.6) is 0 Å². The zero-order valence-corrected chi connectivity index (χ0v) is 17.7. The first-order valence-electron chi connectivity index (χ1n) is 9.38. The molecule has 0 N–H and O–H groups in total. The van der Waals surface area contributed by atoms with Crippen molar-refractivity contribution in [3.63, 3.8) is 0 Å². The van der Waals surface area contributed by atoms with E-state index in [2.05, 4.69) is 56.4 Å². The van der Waals surface area contributed by atoms with E-state index in [0.717, 1.165) is 29.5 Å². The van der Waals surface area contributed by atoms with E-state index in [4.69, 9.17) is 4.52 Å². The maximum Gasteiger partial charge on any atom is 0.237 e. The highest BCUT2D eigenvalue weighted by Crippen LogP contribution is 2.27. The molecule has 0 saturated carbocycles. The molecule has 1 saturated heterocycles. The Kier molecular flexibility index (Phi) is 6.17. The molecule has 2 aromatic heterocycles. The summed E-state index contributed by atoms with van der Waals surface area (Å²) < 4.78 is 5.42. The average Bonchev–Trinajstić information content (AvgIpc) is 3.22. The Hall–Kier alpha value is -2.06. The molecule has 1 unspecified atom stereocenters. The molecule has 8 heteroatoms. The number of nitrogens with zero attached hydrogens (tertiary/aromatic N) is 5. The predicted molar refractivity (Wildman–Crippen MR) is 114 cm³/mol. The van der Waals surface area contributed by atoms with Crippen molar-refractivity contribution in [1.82, 2.24) is 20.1 Å². The van der Waals surface area contributed by atoms with Gasteiger partial charge in [0.05, 0.1) is 5.75 Å². The summed E-state index contributed by atoms with van der Waals surface area (Å²) >= 11 is 3.30. The summed E-state index contributed by atoms with van der Waals surface area (Å²) in [5.74, 6) is 3.52. The first-order chi connectivity index (χ1) is 13.7. The van der Waals surface area contributed by atoms with Crippen molar-refractivity contribution in [2.45, 2.75) is 35.4 Å². The summed E-state index contributed by atoms with van der Waals surface area (Å²) in [6.45, 7) is 4.42. The maximum atomic E-state index is 5.42. The number of anilines is 1. The maximum absolute atomic E-state index is 5.42. The molecule has 4 rings (SSSR count). The standard InChI is InChI=1S/C20H23N5OS2/c1-14-4-3-9-25(11-14)17-10-19(22-13-21-17)28-12-18-23-20(24-26-18)15-5-7-16(27-2)8-6-15/h5-8,10,13-14H,3-4,9,11-12H2,1-2H3. The van der Waals surface area contributed by atoms with Gasteiger partial charge in [-0.05, 0) is 49.3 Å². The van der Waals surface area contributed by atoms with E-state index in [1.165, 1.54) is 17.7 Å². The number of benzene rings is 1. The molecule has 0 spiro atoms. The van der Waals surface area contributed by atoms with Crippen LogP contribution in [0.4, 0.5) is 5.82 Å². The Balaban J connectivity index is 1.39. The highest BCUT2D eigenvalue weighted by Gasteiger charge is 2.18. The molecule has 1 atom stereocenters. The lowest BCUT2D eigenvalue weighted by atomic mass is 10.0. The lowest BCUT2D eigenvalue weighted by molar-refractivity contribution is 0.391. The van der Waals surface area contributed by atoms with E-state index >= 15 is 0 Å². The molecular formula is C20H23N5OS2. The van der Waals surface area contributed by atoms with Crippen LogP contribution in [0.2, 0.25) is 0 Å². The van der Waals surface area contributed by atoms with Gasteiger partial charge in [0.1, 0.15) is 17.2 Å². The van der Waals surface area contributed by atoms with Gasteiger partial charge in [-0.2, -0.15) is 4.98 Å². The van der Waals surface area contributed by atoms with Crippen LogP contribution in [0.3, 0.4) is 0 Å². The largest absolute Gasteiger partial charge is 0.356 e. The van der Waals surface area contributed by atoms with Crippen LogP contribution in [0.25, 0.3) is 11.4 Å². The van der Waals surface area contributed by atoms with Crippen molar-refractivity contribution in [1.29, 1.82) is 0 Å². The van der Waals surface area contributed by atoms with Gasteiger partial charge in [-0.3, -0.25) is 0 Å². The van der Waals surface area contributed by atoms with Gasteiger partial charge >= 0.3 is 0 Å². The topological polar surface area (TPSA) is 67.9 Å². The molecule has 1 aromatic carbocycles. The fraction of sp³-hybridized carbons (Fsp3) is 0.400. The molecule has 0 radical (unpaired) electrons. The van der Waals surface area contributed by atoms with Crippen LogP contribution in [0.15, 0.2) is 51.1 Å². The van der Waals surface area contributed by atoms with E-state index in [-0.39, 0.29) is 0 Å². The summed E-state index contributed by atoms with van der Waals surface area (Å²) in [4.78, 5) is 16.9. The van der Waals surface area contributed by atoms with Crippen LogP contribution in [0, 0.1) is 5.92 Å². The first-order valence-corrected chi connectivity index (χ1v) is 11.6. The minimum Gasteiger partial charge on any atom is -0.356 e. The van der Waals surface area contributed by atoms with Crippen LogP contribution in [0.1, 0.15) is 25.7 Å². The van der Waals surface area contributed by atoms with E-state index in [1.807, 2.05) is 12.1 Å². The van der Waals surface area contributed by atoms with Crippen molar-refractivity contribution >= 4 is 29.3 Å². The zero-order valence-electron chi connectivity index (χ0n) is 16.0. The normalized spacial score (nSPS) is 17.1. The monoisotopic (exact) mass is 413 g/mol. The van der Waals surface area contributed by atoms with Gasteiger partial charge in [0.15, 0.2) is 0 Å². The number of rotatable bonds is 6. The average molecular weight is 414 g/mol. The molecule has 3 aromatic rings. The Bertz CT molecular complexity index is 915. The van der Waals surface area contributed by atoms with Gasteiger partial charge in [0, 0.05) is 29.6 Å². The summed E-state index contributed by atoms with van der Waals surface area (Å²) in [6.07, 6.45) is 6.21. The Morgan fingerprint density at radius 3 is 2.86 bits per heavy atom. The second kappa shape index (κ2) is 8.96. The lowest BCUT2D eigenvalue weighted by Crippen LogP contribution is -2.34. The van der Waals surface area contributed by atoms with Crippen LogP contribution in [-0.4, -0.2) is 39.5 Å². The van der Waals surface area contributed by atoms with Gasteiger partial charge < -0.3 is 9.42 Å². The van der Waals surface area contributed by atoms with Crippen LogP contribution < -0.4 is 4.90 Å². The third-order valence-electron chi connectivity index (χ3n) is 4.77. The third-order valence-corrected chi connectivity index (χ3v) is 6.42. The van der Waals surface area contributed by atoms with Crippen molar-refractivity contribution in [2.75, 3.05) is 24.2 Å². The fourth-order valence-corrected chi connectivity index (χ4v) is 4.39. The van der Waals surface area contributed by atoms with Crippen molar-refractivity contribution < 1.29 is 4.52 Å². The summed E-state index contributed by atoms with van der Waals surface area (Å²) in [6, 6.07) is 10.2. The second-order valence-corrected chi connectivity index (χ2v) is 8.81. The molecular weight excluding hydrogens is 390 g/mol. The number of hydrogen-bond acceptors (Lipinski definition) is 8. The number of thioether (sulfide) groups is 2. The summed E-state index contributed by atoms with van der Waals surface area (Å²) in [5, 5.41) is 5.03.